The Morgan fingerprint density at radius 3 is 2.13 bits per heavy atom. The van der Waals surface area contributed by atoms with Crippen molar-refractivity contribution in [1.29, 1.82) is 5.26 Å². The molecule has 0 aliphatic carbocycles. The molecule has 86 valence electrons. The van der Waals surface area contributed by atoms with Crippen molar-refractivity contribution in [2.24, 2.45) is 0 Å². The van der Waals surface area contributed by atoms with Crippen LogP contribution in [0.4, 0.5) is 0 Å². The van der Waals surface area contributed by atoms with Gasteiger partial charge < -0.3 is 4.90 Å². The molecule has 0 aliphatic rings. The summed E-state index contributed by atoms with van der Waals surface area (Å²) in [4.78, 5) is 13.6. The maximum absolute atomic E-state index is 11.7. The average Bonchev–Trinajstić information content (AvgIpc) is 2.26. The van der Waals surface area contributed by atoms with Gasteiger partial charge in [0.1, 0.15) is 0 Å². The lowest BCUT2D eigenvalue weighted by Gasteiger charge is -2.21. The van der Waals surface area contributed by atoms with Crippen LogP contribution in [0, 0.1) is 11.3 Å². The van der Waals surface area contributed by atoms with E-state index < -0.39 is 0 Å². The Kier molecular flexibility index (Phi) is 8.85. The van der Waals surface area contributed by atoms with Crippen LogP contribution >= 0.6 is 0 Å². The summed E-state index contributed by atoms with van der Waals surface area (Å²) in [5.41, 5.74) is 0. The van der Waals surface area contributed by atoms with E-state index in [2.05, 4.69) is 13.8 Å². The van der Waals surface area contributed by atoms with Crippen LogP contribution in [-0.4, -0.2) is 23.9 Å². The number of carbonyl (C=O) groups is 1. The van der Waals surface area contributed by atoms with Crippen molar-refractivity contribution in [3.8, 4) is 6.07 Å². The number of nitriles is 1. The quantitative estimate of drug-likeness (QED) is 0.618. The molecular weight excluding hydrogens is 188 g/mol. The Balaban J connectivity index is 3.96. The fourth-order valence-corrected chi connectivity index (χ4v) is 1.38. The summed E-state index contributed by atoms with van der Waals surface area (Å²) in [6.45, 7) is 5.94. The molecule has 0 spiro atoms. The van der Waals surface area contributed by atoms with E-state index >= 15 is 0 Å². The van der Waals surface area contributed by atoms with Crippen molar-refractivity contribution in [3.05, 3.63) is 0 Å². The number of hydrogen-bond acceptors (Lipinski definition) is 2. The molecule has 3 nitrogen and oxygen atoms in total. The minimum atomic E-state index is 0.137. The third kappa shape index (κ3) is 6.96. The summed E-state index contributed by atoms with van der Waals surface area (Å²) in [6.07, 6.45) is 5.05. The van der Waals surface area contributed by atoms with E-state index in [1.807, 2.05) is 11.0 Å². The zero-order valence-corrected chi connectivity index (χ0v) is 9.96. The van der Waals surface area contributed by atoms with Gasteiger partial charge in [0.15, 0.2) is 0 Å². The van der Waals surface area contributed by atoms with Gasteiger partial charge in [-0.05, 0) is 12.8 Å². The molecular formula is C12H22N2O. The molecule has 0 rings (SSSR count). The van der Waals surface area contributed by atoms with E-state index in [4.69, 9.17) is 5.26 Å². The fourth-order valence-electron chi connectivity index (χ4n) is 1.38. The second kappa shape index (κ2) is 9.51. The largest absolute Gasteiger partial charge is 0.343 e. The molecule has 0 radical (unpaired) electrons. The lowest BCUT2D eigenvalue weighted by atomic mass is 10.2. The smallest absolute Gasteiger partial charge is 0.223 e. The molecule has 0 heterocycles. The van der Waals surface area contributed by atoms with E-state index in [-0.39, 0.29) is 5.91 Å². The molecule has 15 heavy (non-hydrogen) atoms. The number of amides is 1. The van der Waals surface area contributed by atoms with Gasteiger partial charge in [0.25, 0.3) is 0 Å². The minimum absolute atomic E-state index is 0.137. The van der Waals surface area contributed by atoms with Gasteiger partial charge in [-0.3, -0.25) is 4.79 Å². The standard InChI is InChI=1S/C12H22N2O/c1-3-5-10-14(11-6-4-2)12(15)8-7-9-13/h3-8,10-11H2,1-2H3. The molecule has 0 fully saturated rings. The number of carbonyl (C=O) groups excluding carboxylic acids is 1. The molecule has 0 bridgehead atoms. The lowest BCUT2D eigenvalue weighted by Crippen LogP contribution is -2.32. The van der Waals surface area contributed by atoms with Crippen molar-refractivity contribution in [2.75, 3.05) is 13.1 Å². The van der Waals surface area contributed by atoms with Gasteiger partial charge in [-0.2, -0.15) is 5.26 Å². The van der Waals surface area contributed by atoms with E-state index in [0.717, 1.165) is 38.8 Å². The Hall–Kier alpha value is -1.04. The maximum atomic E-state index is 11.7. The van der Waals surface area contributed by atoms with Crippen LogP contribution in [0.25, 0.3) is 0 Å². The van der Waals surface area contributed by atoms with E-state index in [1.165, 1.54) is 0 Å². The van der Waals surface area contributed by atoms with Crippen molar-refractivity contribution < 1.29 is 4.79 Å². The van der Waals surface area contributed by atoms with Gasteiger partial charge in [0.2, 0.25) is 5.91 Å². The Morgan fingerprint density at radius 2 is 1.73 bits per heavy atom. The Bertz CT molecular complexity index is 200. The van der Waals surface area contributed by atoms with Gasteiger partial charge in [0, 0.05) is 25.9 Å². The summed E-state index contributed by atoms with van der Waals surface area (Å²) in [7, 11) is 0. The van der Waals surface area contributed by atoms with Gasteiger partial charge in [0.05, 0.1) is 6.07 Å². The maximum Gasteiger partial charge on any atom is 0.223 e. The van der Waals surface area contributed by atoms with Gasteiger partial charge >= 0.3 is 0 Å². The molecule has 3 heteroatoms. The minimum Gasteiger partial charge on any atom is -0.343 e. The molecule has 0 saturated heterocycles. The van der Waals surface area contributed by atoms with Gasteiger partial charge in [-0.1, -0.05) is 26.7 Å². The number of unbranched alkanes of at least 4 members (excludes halogenated alkanes) is 2. The van der Waals surface area contributed by atoms with Crippen LogP contribution in [0.1, 0.15) is 52.4 Å². The summed E-state index contributed by atoms with van der Waals surface area (Å²) in [6, 6.07) is 2.02. The van der Waals surface area contributed by atoms with Gasteiger partial charge in [-0.25, -0.2) is 0 Å². The molecule has 0 aromatic heterocycles. The highest BCUT2D eigenvalue weighted by molar-refractivity contribution is 5.76. The van der Waals surface area contributed by atoms with Crippen molar-refractivity contribution in [2.45, 2.75) is 52.4 Å². The molecule has 0 N–H and O–H groups in total. The number of nitrogens with zero attached hydrogens (tertiary/aromatic N) is 2. The Labute approximate surface area is 93.1 Å². The zero-order chi connectivity index (χ0) is 11.5. The molecule has 1 amide bonds. The summed E-state index contributed by atoms with van der Waals surface area (Å²) >= 11 is 0. The molecule has 0 aliphatic heterocycles. The fraction of sp³-hybridized carbons (Fsp3) is 0.833. The highest BCUT2D eigenvalue weighted by atomic mass is 16.2. The number of rotatable bonds is 8. The van der Waals surface area contributed by atoms with Crippen molar-refractivity contribution in [3.63, 3.8) is 0 Å². The van der Waals surface area contributed by atoms with Crippen LogP contribution < -0.4 is 0 Å². The average molecular weight is 210 g/mol. The van der Waals surface area contributed by atoms with E-state index in [0.29, 0.717) is 12.8 Å². The first-order valence-corrected chi connectivity index (χ1v) is 5.91. The monoisotopic (exact) mass is 210 g/mol. The Morgan fingerprint density at radius 1 is 1.20 bits per heavy atom. The van der Waals surface area contributed by atoms with Crippen LogP contribution in [0.5, 0.6) is 0 Å². The first kappa shape index (κ1) is 14.0. The second-order valence-electron chi connectivity index (χ2n) is 3.75. The first-order chi connectivity index (χ1) is 7.26. The molecule has 0 saturated carbocycles. The predicted molar refractivity (Wildman–Crippen MR) is 61.2 cm³/mol. The summed E-state index contributed by atoms with van der Waals surface area (Å²) in [5, 5.41) is 8.43. The highest BCUT2D eigenvalue weighted by Gasteiger charge is 2.11. The molecule has 0 aromatic carbocycles. The van der Waals surface area contributed by atoms with Crippen LogP contribution in [0.3, 0.4) is 0 Å². The zero-order valence-electron chi connectivity index (χ0n) is 9.96. The lowest BCUT2D eigenvalue weighted by molar-refractivity contribution is -0.131. The molecule has 0 atom stereocenters. The van der Waals surface area contributed by atoms with Crippen LogP contribution in [0.15, 0.2) is 0 Å². The topological polar surface area (TPSA) is 44.1 Å². The van der Waals surface area contributed by atoms with Gasteiger partial charge in [-0.15, -0.1) is 0 Å². The number of hydrogen-bond donors (Lipinski definition) is 0. The third-order valence-corrected chi connectivity index (χ3v) is 2.37. The predicted octanol–water partition coefficient (Wildman–Crippen LogP) is 2.72. The summed E-state index contributed by atoms with van der Waals surface area (Å²) in [5.74, 6) is 0.137. The first-order valence-electron chi connectivity index (χ1n) is 5.91. The highest BCUT2D eigenvalue weighted by Crippen LogP contribution is 2.03. The van der Waals surface area contributed by atoms with Crippen LogP contribution in [0.2, 0.25) is 0 Å². The van der Waals surface area contributed by atoms with Crippen molar-refractivity contribution >= 4 is 5.91 Å². The van der Waals surface area contributed by atoms with Crippen LogP contribution in [-0.2, 0) is 4.79 Å². The third-order valence-electron chi connectivity index (χ3n) is 2.37. The summed E-state index contributed by atoms with van der Waals surface area (Å²) < 4.78 is 0. The molecule has 0 aromatic rings. The van der Waals surface area contributed by atoms with E-state index in [1.54, 1.807) is 0 Å². The normalized spacial score (nSPS) is 9.67. The SMILES string of the molecule is CCCCN(CCCC)C(=O)CCC#N. The molecule has 0 unspecified atom stereocenters. The van der Waals surface area contributed by atoms with E-state index in [9.17, 15) is 4.79 Å². The second-order valence-corrected chi connectivity index (χ2v) is 3.75. The van der Waals surface area contributed by atoms with Crippen molar-refractivity contribution in [1.82, 2.24) is 4.90 Å².